The van der Waals surface area contributed by atoms with E-state index in [1.165, 1.54) is 11.8 Å². The monoisotopic (exact) mass is 524 g/mol. The molecule has 1 saturated carbocycles. The fourth-order valence-electron chi connectivity index (χ4n) is 5.05. The number of hydrogen-bond acceptors (Lipinski definition) is 8. The van der Waals surface area contributed by atoms with E-state index in [1.54, 1.807) is 6.07 Å². The Balaban J connectivity index is 1.22. The van der Waals surface area contributed by atoms with Crippen LogP contribution in [-0.2, 0) is 14.3 Å². The molecule has 1 aromatic heterocycles. The summed E-state index contributed by atoms with van der Waals surface area (Å²) in [6, 6.07) is 1.88. The molecule has 1 aromatic rings. The Bertz CT molecular complexity index is 866. The number of rotatable bonds is 9. The number of piperazine rings is 1. The van der Waals surface area contributed by atoms with Gasteiger partial charge in [-0.15, -0.1) is 0 Å². The number of aromatic nitrogens is 2. The highest BCUT2D eigenvalue weighted by Crippen LogP contribution is 2.29. The first-order valence-electron chi connectivity index (χ1n) is 12.8. The van der Waals surface area contributed by atoms with Crippen LogP contribution in [0.25, 0.3) is 0 Å². The number of amides is 2. The standard InChI is InChI=1S/C24H37ClN6O3S/c1-18-16-30(9-10-31(18)23(33)19-5-2-3-6-19)21-15-20(25)27-24(28-21)35-17-22(32)26-7-4-8-29-11-13-34-14-12-29/h15,18-19H,2-14,16-17H2,1H3,(H,26,32). The molecule has 0 aromatic carbocycles. The molecular weight excluding hydrogens is 488 g/mol. The van der Waals surface area contributed by atoms with Crippen LogP contribution >= 0.6 is 23.4 Å². The van der Waals surface area contributed by atoms with E-state index in [-0.39, 0.29) is 23.6 Å². The number of hydrogen-bond donors (Lipinski definition) is 1. The van der Waals surface area contributed by atoms with Crippen molar-refractivity contribution >= 4 is 41.0 Å². The van der Waals surface area contributed by atoms with E-state index in [0.29, 0.717) is 42.4 Å². The van der Waals surface area contributed by atoms with Crippen molar-refractivity contribution in [2.45, 2.75) is 50.2 Å². The van der Waals surface area contributed by atoms with Crippen molar-refractivity contribution in [1.82, 2.24) is 25.1 Å². The van der Waals surface area contributed by atoms with Crippen molar-refractivity contribution in [1.29, 1.82) is 0 Å². The van der Waals surface area contributed by atoms with Crippen molar-refractivity contribution in [2.75, 3.05) is 69.7 Å². The van der Waals surface area contributed by atoms with Gasteiger partial charge >= 0.3 is 0 Å². The van der Waals surface area contributed by atoms with Gasteiger partial charge in [0.1, 0.15) is 11.0 Å². The lowest BCUT2D eigenvalue weighted by atomic mass is 10.0. The van der Waals surface area contributed by atoms with Crippen LogP contribution in [0, 0.1) is 5.92 Å². The lowest BCUT2D eigenvalue weighted by Gasteiger charge is -2.41. The Morgan fingerprint density at radius 1 is 1.17 bits per heavy atom. The Kier molecular flexibility index (Phi) is 9.88. The number of carbonyl (C=O) groups excluding carboxylic acids is 2. The molecule has 2 saturated heterocycles. The molecular formula is C24H37ClN6O3S. The van der Waals surface area contributed by atoms with E-state index in [4.69, 9.17) is 16.3 Å². The number of carbonyl (C=O) groups is 2. The number of nitrogens with zero attached hydrogens (tertiary/aromatic N) is 5. The van der Waals surface area contributed by atoms with Gasteiger partial charge in [-0.1, -0.05) is 36.2 Å². The molecule has 1 aliphatic carbocycles. The Morgan fingerprint density at radius 2 is 1.94 bits per heavy atom. The molecule has 3 aliphatic rings. The number of nitrogens with one attached hydrogen (secondary N) is 1. The maximum absolute atomic E-state index is 12.9. The van der Waals surface area contributed by atoms with Crippen LogP contribution in [-0.4, -0.2) is 102 Å². The number of halogens is 1. The van der Waals surface area contributed by atoms with E-state index < -0.39 is 0 Å². The average Bonchev–Trinajstić information content (AvgIpc) is 3.40. The molecule has 0 spiro atoms. The first-order chi connectivity index (χ1) is 17.0. The topological polar surface area (TPSA) is 90.9 Å². The van der Waals surface area contributed by atoms with Crippen molar-refractivity contribution in [3.05, 3.63) is 11.2 Å². The van der Waals surface area contributed by atoms with Gasteiger partial charge < -0.3 is 19.9 Å². The fraction of sp³-hybridized carbons (Fsp3) is 0.750. The Labute approximate surface area is 217 Å². The summed E-state index contributed by atoms with van der Waals surface area (Å²) in [5.74, 6) is 1.47. The molecule has 1 N–H and O–H groups in total. The molecule has 1 atom stereocenters. The summed E-state index contributed by atoms with van der Waals surface area (Å²) < 4.78 is 5.36. The lowest BCUT2D eigenvalue weighted by molar-refractivity contribution is -0.137. The molecule has 3 fully saturated rings. The molecule has 4 rings (SSSR count). The summed E-state index contributed by atoms with van der Waals surface area (Å²) in [7, 11) is 0. The van der Waals surface area contributed by atoms with Crippen LogP contribution in [0.3, 0.4) is 0 Å². The van der Waals surface area contributed by atoms with Crippen molar-refractivity contribution in [3.63, 3.8) is 0 Å². The van der Waals surface area contributed by atoms with E-state index >= 15 is 0 Å². The lowest BCUT2D eigenvalue weighted by Crippen LogP contribution is -2.55. The largest absolute Gasteiger partial charge is 0.379 e. The van der Waals surface area contributed by atoms with Crippen LogP contribution < -0.4 is 10.2 Å². The third-order valence-corrected chi connectivity index (χ3v) is 8.05. The van der Waals surface area contributed by atoms with Crippen LogP contribution in [0.1, 0.15) is 39.0 Å². The summed E-state index contributed by atoms with van der Waals surface area (Å²) >= 11 is 7.59. The number of morpholine rings is 1. The summed E-state index contributed by atoms with van der Waals surface area (Å²) in [6.07, 6.45) is 5.29. The van der Waals surface area contributed by atoms with Crippen LogP contribution in [0.5, 0.6) is 0 Å². The maximum atomic E-state index is 12.9. The van der Waals surface area contributed by atoms with Gasteiger partial charge in [-0.2, -0.15) is 0 Å². The van der Waals surface area contributed by atoms with Crippen LogP contribution in [0.2, 0.25) is 5.15 Å². The SMILES string of the molecule is CC1CN(c2cc(Cl)nc(SCC(=O)NCCCN3CCOCC3)n2)CCN1C(=O)C1CCCC1. The molecule has 194 valence electrons. The number of ether oxygens (including phenoxy) is 1. The predicted octanol–water partition coefficient (Wildman–Crippen LogP) is 2.29. The summed E-state index contributed by atoms with van der Waals surface area (Å²) in [5.41, 5.74) is 0. The molecule has 35 heavy (non-hydrogen) atoms. The molecule has 11 heteroatoms. The van der Waals surface area contributed by atoms with Crippen LogP contribution in [0.4, 0.5) is 5.82 Å². The molecule has 0 bridgehead atoms. The number of thioether (sulfide) groups is 1. The van der Waals surface area contributed by atoms with Crippen molar-refractivity contribution < 1.29 is 14.3 Å². The van der Waals surface area contributed by atoms with E-state index in [2.05, 4.69) is 32.0 Å². The summed E-state index contributed by atoms with van der Waals surface area (Å²) in [6.45, 7) is 9.33. The minimum atomic E-state index is -0.0326. The average molecular weight is 525 g/mol. The van der Waals surface area contributed by atoms with Gasteiger partial charge in [0, 0.05) is 57.3 Å². The third kappa shape index (κ3) is 7.68. The Hall–Kier alpha value is -1.62. The fourth-order valence-corrected chi connectivity index (χ4v) is 5.96. The second-order valence-electron chi connectivity index (χ2n) is 9.59. The van der Waals surface area contributed by atoms with E-state index in [9.17, 15) is 9.59 Å². The van der Waals surface area contributed by atoms with Gasteiger partial charge in [0.2, 0.25) is 11.8 Å². The maximum Gasteiger partial charge on any atom is 0.230 e. The molecule has 2 amide bonds. The quantitative estimate of drug-likeness (QED) is 0.228. The smallest absolute Gasteiger partial charge is 0.230 e. The van der Waals surface area contributed by atoms with Gasteiger partial charge in [0.25, 0.3) is 0 Å². The normalized spacial score (nSPS) is 21.9. The molecule has 0 radical (unpaired) electrons. The zero-order chi connectivity index (χ0) is 24.6. The zero-order valence-corrected chi connectivity index (χ0v) is 22.2. The zero-order valence-electron chi connectivity index (χ0n) is 20.6. The van der Waals surface area contributed by atoms with Gasteiger partial charge in [-0.05, 0) is 32.7 Å². The van der Waals surface area contributed by atoms with E-state index in [0.717, 1.165) is 70.8 Å². The predicted molar refractivity (Wildman–Crippen MR) is 138 cm³/mol. The molecule has 9 nitrogen and oxygen atoms in total. The van der Waals surface area contributed by atoms with E-state index in [1.807, 2.05) is 4.90 Å². The first-order valence-corrected chi connectivity index (χ1v) is 14.2. The highest BCUT2D eigenvalue weighted by Gasteiger charge is 2.33. The second kappa shape index (κ2) is 13.1. The first kappa shape index (κ1) is 26.4. The minimum Gasteiger partial charge on any atom is -0.379 e. The highest BCUT2D eigenvalue weighted by molar-refractivity contribution is 7.99. The summed E-state index contributed by atoms with van der Waals surface area (Å²) in [5, 5.41) is 3.83. The van der Waals surface area contributed by atoms with Crippen molar-refractivity contribution in [3.8, 4) is 0 Å². The van der Waals surface area contributed by atoms with Gasteiger partial charge in [-0.3, -0.25) is 14.5 Å². The Morgan fingerprint density at radius 3 is 2.69 bits per heavy atom. The van der Waals surface area contributed by atoms with Gasteiger partial charge in [0.05, 0.1) is 19.0 Å². The van der Waals surface area contributed by atoms with Crippen LogP contribution in [0.15, 0.2) is 11.2 Å². The minimum absolute atomic E-state index is 0.0326. The van der Waals surface area contributed by atoms with Gasteiger partial charge in [-0.25, -0.2) is 9.97 Å². The van der Waals surface area contributed by atoms with Gasteiger partial charge in [0.15, 0.2) is 5.16 Å². The number of anilines is 1. The molecule has 2 aliphatic heterocycles. The highest BCUT2D eigenvalue weighted by atomic mass is 35.5. The summed E-state index contributed by atoms with van der Waals surface area (Å²) in [4.78, 5) is 40.7. The van der Waals surface area contributed by atoms with Crippen molar-refractivity contribution in [2.24, 2.45) is 5.92 Å². The molecule has 1 unspecified atom stereocenters. The molecule has 3 heterocycles. The third-order valence-electron chi connectivity index (χ3n) is 7.01. The second-order valence-corrected chi connectivity index (χ2v) is 10.9.